The Morgan fingerprint density at radius 2 is 1.97 bits per heavy atom. The molecular formula is C19H25N3O6S2. The van der Waals surface area contributed by atoms with Crippen LogP contribution in [-0.2, 0) is 29.1 Å². The number of hydrogen-bond acceptors (Lipinski definition) is 7. The summed E-state index contributed by atoms with van der Waals surface area (Å²) in [5.74, 6) is -1.29. The molecule has 0 unspecified atom stereocenters. The Morgan fingerprint density at radius 1 is 1.30 bits per heavy atom. The van der Waals surface area contributed by atoms with E-state index in [-0.39, 0.29) is 29.7 Å². The number of anilines is 1. The number of benzene rings is 1. The Hall–Kier alpha value is -2.37. The smallest absolute Gasteiger partial charge is 0.333 e. The Morgan fingerprint density at radius 3 is 2.57 bits per heavy atom. The van der Waals surface area contributed by atoms with Gasteiger partial charge in [-0.15, -0.1) is 0 Å². The van der Waals surface area contributed by atoms with Crippen LogP contribution >= 0.6 is 11.8 Å². The van der Waals surface area contributed by atoms with Gasteiger partial charge in [-0.2, -0.15) is 0 Å². The van der Waals surface area contributed by atoms with E-state index in [0.717, 1.165) is 16.1 Å². The first-order valence-electron chi connectivity index (χ1n) is 9.12. The zero-order valence-electron chi connectivity index (χ0n) is 17.5. The van der Waals surface area contributed by atoms with Crippen LogP contribution < -0.4 is 5.32 Å². The molecule has 2 rings (SSSR count). The van der Waals surface area contributed by atoms with E-state index >= 15 is 0 Å². The van der Waals surface area contributed by atoms with Crippen LogP contribution in [0.1, 0.15) is 18.1 Å². The second-order valence-corrected chi connectivity index (χ2v) is 9.90. The number of esters is 1. The summed E-state index contributed by atoms with van der Waals surface area (Å²) < 4.78 is 30.9. The van der Waals surface area contributed by atoms with Gasteiger partial charge in [-0.1, -0.05) is 11.8 Å². The fourth-order valence-corrected chi connectivity index (χ4v) is 4.58. The molecule has 0 bridgehead atoms. The van der Waals surface area contributed by atoms with E-state index in [9.17, 15) is 22.8 Å². The van der Waals surface area contributed by atoms with E-state index in [2.05, 4.69) is 5.32 Å². The van der Waals surface area contributed by atoms with E-state index < -0.39 is 21.9 Å². The number of amides is 2. The van der Waals surface area contributed by atoms with Gasteiger partial charge in [0.2, 0.25) is 21.8 Å². The summed E-state index contributed by atoms with van der Waals surface area (Å²) in [6, 6.07) is 2.94. The maximum absolute atomic E-state index is 12.6. The molecule has 0 aromatic heterocycles. The molecule has 0 atom stereocenters. The minimum absolute atomic E-state index is 0.0570. The largest absolute Gasteiger partial charge is 0.463 e. The van der Waals surface area contributed by atoms with Crippen molar-refractivity contribution in [3.05, 3.63) is 34.4 Å². The normalized spacial score (nSPS) is 15.7. The molecule has 11 heteroatoms. The number of nitrogens with zero attached hydrogens (tertiary/aromatic N) is 2. The molecule has 164 valence electrons. The summed E-state index contributed by atoms with van der Waals surface area (Å²) in [6.45, 7) is 5.08. The zero-order valence-corrected chi connectivity index (χ0v) is 19.1. The molecule has 30 heavy (non-hydrogen) atoms. The molecule has 1 aromatic carbocycles. The first kappa shape index (κ1) is 23.9. The van der Waals surface area contributed by atoms with Crippen LogP contribution in [0.5, 0.6) is 0 Å². The Labute approximate surface area is 180 Å². The van der Waals surface area contributed by atoms with Gasteiger partial charge in [0.1, 0.15) is 6.54 Å². The topological polar surface area (TPSA) is 113 Å². The highest BCUT2D eigenvalue weighted by molar-refractivity contribution is 8.04. The van der Waals surface area contributed by atoms with Gasteiger partial charge in [0.25, 0.3) is 0 Å². The van der Waals surface area contributed by atoms with Crippen LogP contribution in [0.25, 0.3) is 0 Å². The highest BCUT2D eigenvalue weighted by atomic mass is 32.2. The molecular weight excluding hydrogens is 430 g/mol. The number of hydrogen-bond donors (Lipinski definition) is 1. The van der Waals surface area contributed by atoms with Gasteiger partial charge >= 0.3 is 5.97 Å². The fourth-order valence-electron chi connectivity index (χ4n) is 2.63. The second kappa shape index (κ2) is 9.63. The molecule has 1 aromatic rings. The van der Waals surface area contributed by atoms with Crippen molar-refractivity contribution in [1.82, 2.24) is 9.21 Å². The molecule has 1 saturated heterocycles. The van der Waals surface area contributed by atoms with Crippen LogP contribution in [-0.4, -0.2) is 68.4 Å². The average Bonchev–Trinajstić information content (AvgIpc) is 2.98. The van der Waals surface area contributed by atoms with Gasteiger partial charge in [-0.25, -0.2) is 17.5 Å². The first-order valence-corrected chi connectivity index (χ1v) is 11.5. The molecule has 0 aliphatic carbocycles. The van der Waals surface area contributed by atoms with Gasteiger partial charge in [-0.05, 0) is 44.0 Å². The molecule has 1 N–H and O–H groups in total. The number of thioether (sulfide) groups is 1. The van der Waals surface area contributed by atoms with Gasteiger partial charge in [-0.3, -0.25) is 14.5 Å². The lowest BCUT2D eigenvalue weighted by molar-refractivity contribution is -0.137. The van der Waals surface area contributed by atoms with E-state index in [0.29, 0.717) is 21.8 Å². The van der Waals surface area contributed by atoms with Crippen molar-refractivity contribution in [2.45, 2.75) is 25.7 Å². The summed E-state index contributed by atoms with van der Waals surface area (Å²) in [6.07, 6.45) is 1.19. The predicted molar refractivity (Wildman–Crippen MR) is 114 cm³/mol. The minimum atomic E-state index is -3.68. The van der Waals surface area contributed by atoms with Crippen molar-refractivity contribution in [3.8, 4) is 0 Å². The SMILES string of the molecule is CCOC(=O)/C=C1\SCC(=O)N1CC(=O)Nc1cc(S(=O)(=O)N(C)C)cc(C)c1C. The van der Waals surface area contributed by atoms with E-state index in [1.165, 1.54) is 31.1 Å². The Kier molecular flexibility index (Phi) is 7.67. The van der Waals surface area contributed by atoms with Gasteiger partial charge < -0.3 is 10.1 Å². The second-order valence-electron chi connectivity index (χ2n) is 6.75. The van der Waals surface area contributed by atoms with Crippen molar-refractivity contribution in [2.75, 3.05) is 38.3 Å². The monoisotopic (exact) mass is 455 g/mol. The van der Waals surface area contributed by atoms with Crippen molar-refractivity contribution in [2.24, 2.45) is 0 Å². The third kappa shape index (κ3) is 5.41. The molecule has 0 spiro atoms. The summed E-state index contributed by atoms with van der Waals surface area (Å²) >= 11 is 1.15. The van der Waals surface area contributed by atoms with Gasteiger partial charge in [0.05, 0.1) is 28.4 Å². The molecule has 1 aliphatic rings. The predicted octanol–water partition coefficient (Wildman–Crippen LogP) is 1.47. The molecule has 9 nitrogen and oxygen atoms in total. The number of carbonyl (C=O) groups is 3. The lowest BCUT2D eigenvalue weighted by atomic mass is 10.1. The van der Waals surface area contributed by atoms with Crippen molar-refractivity contribution < 1.29 is 27.5 Å². The number of nitrogens with one attached hydrogen (secondary N) is 1. The first-order chi connectivity index (χ1) is 14.0. The van der Waals surface area contributed by atoms with Crippen molar-refractivity contribution >= 4 is 45.3 Å². The van der Waals surface area contributed by atoms with Crippen LogP contribution in [0.3, 0.4) is 0 Å². The quantitative estimate of drug-likeness (QED) is 0.489. The van der Waals surface area contributed by atoms with Gasteiger partial charge in [0.15, 0.2) is 0 Å². The maximum Gasteiger partial charge on any atom is 0.333 e. The summed E-state index contributed by atoms with van der Waals surface area (Å²) in [7, 11) is -0.825. The van der Waals surface area contributed by atoms with Crippen LogP contribution in [0, 0.1) is 13.8 Å². The standard InChI is InChI=1S/C19H25N3O6S2/c1-6-28-19(25)9-18-22(17(24)11-29-18)10-16(23)20-15-8-14(7-12(2)13(15)3)30(26,27)21(4)5/h7-9H,6,10-11H2,1-5H3,(H,20,23)/b18-9-. The minimum Gasteiger partial charge on any atom is -0.463 e. The number of rotatable bonds is 7. The van der Waals surface area contributed by atoms with E-state index in [4.69, 9.17) is 4.74 Å². The summed E-state index contributed by atoms with van der Waals surface area (Å²) in [5, 5.41) is 3.02. The highest BCUT2D eigenvalue weighted by Crippen LogP contribution is 2.29. The molecule has 1 aliphatic heterocycles. The third-order valence-electron chi connectivity index (χ3n) is 4.43. The molecule has 1 heterocycles. The fraction of sp³-hybridized carbons (Fsp3) is 0.421. The number of aryl methyl sites for hydroxylation is 1. The summed E-state index contributed by atoms with van der Waals surface area (Å²) in [4.78, 5) is 37.7. The van der Waals surface area contributed by atoms with Crippen molar-refractivity contribution in [3.63, 3.8) is 0 Å². The van der Waals surface area contributed by atoms with E-state index in [1.807, 2.05) is 0 Å². The van der Waals surface area contributed by atoms with Gasteiger partial charge in [0, 0.05) is 19.8 Å². The number of sulfonamides is 1. The zero-order chi connectivity index (χ0) is 22.6. The lowest BCUT2D eigenvalue weighted by Gasteiger charge is -2.19. The third-order valence-corrected chi connectivity index (χ3v) is 7.25. The Bertz CT molecular complexity index is 1000. The lowest BCUT2D eigenvalue weighted by Crippen LogP contribution is -2.34. The van der Waals surface area contributed by atoms with Crippen LogP contribution in [0.2, 0.25) is 0 Å². The van der Waals surface area contributed by atoms with Crippen LogP contribution in [0.4, 0.5) is 5.69 Å². The number of ether oxygens (including phenoxy) is 1. The Balaban J connectivity index is 2.24. The molecule has 0 saturated carbocycles. The summed E-state index contributed by atoms with van der Waals surface area (Å²) in [5.41, 5.74) is 1.75. The average molecular weight is 456 g/mol. The molecule has 1 fully saturated rings. The maximum atomic E-state index is 12.6. The highest BCUT2D eigenvalue weighted by Gasteiger charge is 2.29. The molecule has 0 radical (unpaired) electrons. The van der Waals surface area contributed by atoms with Crippen molar-refractivity contribution in [1.29, 1.82) is 0 Å². The van der Waals surface area contributed by atoms with Crippen LogP contribution in [0.15, 0.2) is 28.1 Å². The number of carbonyl (C=O) groups excluding carboxylic acids is 3. The molecule has 2 amide bonds. The van der Waals surface area contributed by atoms with E-state index in [1.54, 1.807) is 26.8 Å².